The summed E-state index contributed by atoms with van der Waals surface area (Å²) < 4.78 is 11.9. The molecule has 1 atom stereocenters. The van der Waals surface area contributed by atoms with Crippen molar-refractivity contribution in [1.82, 2.24) is 10.3 Å². The molecular formula is C30H28N2O4. The van der Waals surface area contributed by atoms with Crippen molar-refractivity contribution in [1.29, 1.82) is 0 Å². The summed E-state index contributed by atoms with van der Waals surface area (Å²) in [4.78, 5) is 17.0. The molecule has 6 rings (SSSR count). The minimum atomic E-state index is -0.390. The summed E-state index contributed by atoms with van der Waals surface area (Å²) in [6.07, 6.45) is 5.76. The molecule has 2 aromatic carbocycles. The van der Waals surface area contributed by atoms with E-state index in [-0.39, 0.29) is 18.3 Å². The number of nitrogens with one attached hydrogen (secondary N) is 1. The van der Waals surface area contributed by atoms with Crippen molar-refractivity contribution in [3.8, 4) is 11.3 Å². The quantitative estimate of drug-likeness (QED) is 0.316. The van der Waals surface area contributed by atoms with E-state index in [9.17, 15) is 9.90 Å². The number of aliphatic hydroxyl groups is 1. The van der Waals surface area contributed by atoms with Gasteiger partial charge in [-0.1, -0.05) is 30.3 Å². The molecule has 182 valence electrons. The fraction of sp³-hybridized carbons (Fsp3) is 0.267. The lowest BCUT2D eigenvalue weighted by Gasteiger charge is -2.16. The Bertz CT molecular complexity index is 1620. The van der Waals surface area contributed by atoms with E-state index in [1.165, 1.54) is 22.8 Å². The fourth-order valence-corrected chi connectivity index (χ4v) is 5.26. The number of hydrogen-bond acceptors (Lipinski definition) is 6. The summed E-state index contributed by atoms with van der Waals surface area (Å²) in [5, 5.41) is 15.2. The first kappa shape index (κ1) is 22.7. The minimum Gasteiger partial charge on any atom is -0.454 e. The monoisotopic (exact) mass is 480 g/mol. The van der Waals surface area contributed by atoms with Gasteiger partial charge in [0.2, 0.25) is 0 Å². The van der Waals surface area contributed by atoms with Crippen molar-refractivity contribution in [3.63, 3.8) is 0 Å². The highest BCUT2D eigenvalue weighted by atomic mass is 16.4. The van der Waals surface area contributed by atoms with Crippen LogP contribution in [0.1, 0.15) is 34.4 Å². The van der Waals surface area contributed by atoms with Crippen molar-refractivity contribution in [2.75, 3.05) is 6.61 Å². The molecule has 1 aliphatic rings. The van der Waals surface area contributed by atoms with Gasteiger partial charge in [-0.05, 0) is 73.1 Å². The van der Waals surface area contributed by atoms with Crippen molar-refractivity contribution >= 4 is 21.9 Å². The van der Waals surface area contributed by atoms with Gasteiger partial charge in [-0.2, -0.15) is 0 Å². The molecule has 6 nitrogen and oxygen atoms in total. The molecule has 0 fully saturated rings. The Morgan fingerprint density at radius 3 is 2.64 bits per heavy atom. The van der Waals surface area contributed by atoms with Crippen LogP contribution in [0.5, 0.6) is 0 Å². The number of hydrogen-bond donors (Lipinski definition) is 2. The average Bonchev–Trinajstić information content (AvgIpc) is 3.54. The molecule has 2 N–H and O–H groups in total. The van der Waals surface area contributed by atoms with E-state index in [0.717, 1.165) is 53.3 Å². The third kappa shape index (κ3) is 4.23. The molecule has 36 heavy (non-hydrogen) atoms. The Morgan fingerprint density at radius 2 is 1.83 bits per heavy atom. The summed E-state index contributed by atoms with van der Waals surface area (Å²) in [6.45, 7) is 2.49. The zero-order valence-corrected chi connectivity index (χ0v) is 20.2. The molecular weight excluding hydrogens is 452 g/mol. The Labute approximate surface area is 208 Å². The number of pyridine rings is 1. The van der Waals surface area contributed by atoms with Crippen LogP contribution in [-0.4, -0.2) is 22.7 Å². The third-order valence-electron chi connectivity index (χ3n) is 7.17. The standard InChI is InChI=1S/C30H28N2O4/c1-18-30-24(22(15-31-18)16-32-23(17-33)10-19-6-3-2-4-7-19)13-28(36-30)26-14-29(34)35-27-12-21-9-5-8-20(21)11-25(26)27/h2-4,6-7,11-15,23,32-33H,5,8-10,16-17H2,1H3/t23-/m1/s1. The second-order valence-electron chi connectivity index (χ2n) is 9.62. The number of aliphatic hydroxyl groups excluding tert-OH is 1. The maximum Gasteiger partial charge on any atom is 0.336 e. The predicted molar refractivity (Wildman–Crippen MR) is 140 cm³/mol. The highest BCUT2D eigenvalue weighted by molar-refractivity contribution is 5.96. The Kier molecular flexibility index (Phi) is 5.91. The van der Waals surface area contributed by atoms with Gasteiger partial charge < -0.3 is 19.3 Å². The van der Waals surface area contributed by atoms with Gasteiger partial charge in [-0.3, -0.25) is 4.98 Å². The van der Waals surface area contributed by atoms with Crippen molar-refractivity contribution in [2.45, 2.75) is 45.2 Å². The second kappa shape index (κ2) is 9.37. The smallest absolute Gasteiger partial charge is 0.336 e. The number of aryl methyl sites for hydroxylation is 3. The number of benzene rings is 2. The van der Waals surface area contributed by atoms with Crippen LogP contribution in [0.4, 0.5) is 0 Å². The first-order chi connectivity index (χ1) is 17.6. The van der Waals surface area contributed by atoms with Gasteiger partial charge in [0.05, 0.1) is 12.3 Å². The van der Waals surface area contributed by atoms with Crippen molar-refractivity contribution in [2.24, 2.45) is 0 Å². The van der Waals surface area contributed by atoms with E-state index in [1.54, 1.807) is 0 Å². The van der Waals surface area contributed by atoms with E-state index < -0.39 is 0 Å². The number of nitrogens with zero attached hydrogens (tertiary/aromatic N) is 1. The highest BCUT2D eigenvalue weighted by Gasteiger charge is 2.20. The maximum absolute atomic E-state index is 12.4. The summed E-state index contributed by atoms with van der Waals surface area (Å²) in [5.74, 6) is 0.626. The summed E-state index contributed by atoms with van der Waals surface area (Å²) >= 11 is 0. The van der Waals surface area contributed by atoms with E-state index in [1.807, 2.05) is 43.5 Å². The van der Waals surface area contributed by atoms with Gasteiger partial charge in [0.1, 0.15) is 11.3 Å². The molecule has 0 amide bonds. The topological polar surface area (TPSA) is 88.5 Å². The van der Waals surface area contributed by atoms with Gasteiger partial charge in [0.25, 0.3) is 0 Å². The van der Waals surface area contributed by atoms with Crippen molar-refractivity contribution in [3.05, 3.63) is 99.2 Å². The molecule has 5 aromatic rings. The first-order valence-electron chi connectivity index (χ1n) is 12.5. The van der Waals surface area contributed by atoms with Crippen LogP contribution in [0.25, 0.3) is 33.3 Å². The second-order valence-corrected chi connectivity index (χ2v) is 9.62. The lowest BCUT2D eigenvalue weighted by Crippen LogP contribution is -2.34. The lowest BCUT2D eigenvalue weighted by molar-refractivity contribution is 0.241. The average molecular weight is 481 g/mol. The third-order valence-corrected chi connectivity index (χ3v) is 7.17. The number of aromatic nitrogens is 1. The number of furan rings is 1. The normalized spacial score (nSPS) is 13.9. The van der Waals surface area contributed by atoms with Gasteiger partial charge >= 0.3 is 5.63 Å². The number of rotatable bonds is 7. The van der Waals surface area contributed by atoms with Crippen LogP contribution < -0.4 is 10.9 Å². The molecule has 1 aliphatic carbocycles. The molecule has 0 unspecified atom stereocenters. The molecule has 0 saturated heterocycles. The van der Waals surface area contributed by atoms with E-state index in [4.69, 9.17) is 8.83 Å². The van der Waals surface area contributed by atoms with Gasteiger partial charge in [-0.15, -0.1) is 0 Å². The Balaban J connectivity index is 1.36. The zero-order chi connectivity index (χ0) is 24.6. The highest BCUT2D eigenvalue weighted by Crippen LogP contribution is 2.36. The van der Waals surface area contributed by atoms with E-state index in [0.29, 0.717) is 23.5 Å². The van der Waals surface area contributed by atoms with Gasteiger partial charge in [-0.25, -0.2) is 4.79 Å². The van der Waals surface area contributed by atoms with Gasteiger partial charge in [0.15, 0.2) is 5.58 Å². The van der Waals surface area contributed by atoms with Crippen LogP contribution in [0, 0.1) is 6.92 Å². The molecule has 6 heteroatoms. The van der Waals surface area contributed by atoms with Gasteiger partial charge in [0, 0.05) is 41.2 Å². The van der Waals surface area contributed by atoms with Crippen molar-refractivity contribution < 1.29 is 13.9 Å². The maximum atomic E-state index is 12.4. The zero-order valence-electron chi connectivity index (χ0n) is 20.2. The van der Waals surface area contributed by atoms with E-state index in [2.05, 4.69) is 28.5 Å². The van der Waals surface area contributed by atoms with Crippen LogP contribution in [-0.2, 0) is 25.8 Å². The molecule has 0 aliphatic heterocycles. The molecule has 0 spiro atoms. The first-order valence-corrected chi connectivity index (χ1v) is 12.5. The minimum absolute atomic E-state index is 0.0318. The Morgan fingerprint density at radius 1 is 1.03 bits per heavy atom. The van der Waals surface area contributed by atoms with Crippen LogP contribution in [0.3, 0.4) is 0 Å². The molecule has 0 saturated carbocycles. The fourth-order valence-electron chi connectivity index (χ4n) is 5.26. The predicted octanol–water partition coefficient (Wildman–Crippen LogP) is 5.09. The molecule has 3 heterocycles. The summed E-state index contributed by atoms with van der Waals surface area (Å²) in [7, 11) is 0. The molecule has 0 radical (unpaired) electrons. The largest absolute Gasteiger partial charge is 0.454 e. The Hall–Kier alpha value is -3.74. The SMILES string of the molecule is Cc1ncc(CN[C@@H](CO)Cc2ccccc2)c2cc(-c3cc(=O)oc4cc5c(cc34)CCC5)oc12. The summed E-state index contributed by atoms with van der Waals surface area (Å²) in [5.41, 5.74) is 7.16. The van der Waals surface area contributed by atoms with Crippen LogP contribution >= 0.6 is 0 Å². The lowest BCUT2D eigenvalue weighted by atomic mass is 10.0. The number of fused-ring (bicyclic) bond motifs is 3. The van der Waals surface area contributed by atoms with Crippen LogP contribution in [0.2, 0.25) is 0 Å². The van der Waals surface area contributed by atoms with Crippen LogP contribution in [0.15, 0.2) is 74.4 Å². The molecule has 3 aromatic heterocycles. The van der Waals surface area contributed by atoms with E-state index >= 15 is 0 Å². The molecule has 0 bridgehead atoms. The summed E-state index contributed by atoms with van der Waals surface area (Å²) in [6, 6.07) is 17.7.